The van der Waals surface area contributed by atoms with Crippen LogP contribution >= 0.6 is 0 Å². The number of rotatable bonds is 28. The molecule has 2 aromatic rings. The van der Waals surface area contributed by atoms with Crippen LogP contribution in [0.2, 0.25) is 0 Å². The van der Waals surface area contributed by atoms with E-state index in [2.05, 4.69) is 12.2 Å². The van der Waals surface area contributed by atoms with Crippen molar-refractivity contribution in [2.24, 2.45) is 0 Å². The number of hydrogen-bond acceptors (Lipinski definition) is 9. The number of unbranched alkanes of at least 4 members (excludes halogenated alkanes) is 5. The Morgan fingerprint density at radius 3 is 1.67 bits per heavy atom. The zero-order valence-corrected chi connectivity index (χ0v) is 27.0. The molecule has 2 rings (SSSR count). The fraction of sp³-hybridized carbons (Fsp3) is 0.618. The lowest BCUT2D eigenvalue weighted by Crippen LogP contribution is -2.15. The maximum atomic E-state index is 13.0. The van der Waals surface area contributed by atoms with E-state index in [4.69, 9.17) is 33.2 Å². The van der Waals surface area contributed by atoms with Gasteiger partial charge in [0.1, 0.15) is 6.61 Å². The SMILES string of the molecule is CCCCCCCCOCCOCCOCCOCCOCCOCCOC(=O)c1ccccc1Nc1cccc(C(F)(F)F)c1. The van der Waals surface area contributed by atoms with Gasteiger partial charge in [-0.2, -0.15) is 13.2 Å². The van der Waals surface area contributed by atoms with E-state index in [1.54, 1.807) is 18.2 Å². The highest BCUT2D eigenvalue weighted by atomic mass is 19.4. The van der Waals surface area contributed by atoms with Gasteiger partial charge in [-0.05, 0) is 36.8 Å². The molecule has 0 amide bonds. The molecular formula is C34H50F3NO8. The molecule has 0 aliphatic rings. The molecule has 0 aromatic heterocycles. The van der Waals surface area contributed by atoms with Crippen LogP contribution in [0, 0.1) is 0 Å². The molecule has 2 aromatic carbocycles. The zero-order chi connectivity index (χ0) is 33.1. The van der Waals surface area contributed by atoms with E-state index in [1.807, 2.05) is 0 Å². The highest BCUT2D eigenvalue weighted by Crippen LogP contribution is 2.32. The topological polar surface area (TPSA) is 93.7 Å². The predicted molar refractivity (Wildman–Crippen MR) is 170 cm³/mol. The second-order valence-corrected chi connectivity index (χ2v) is 10.3. The number of ether oxygens (including phenoxy) is 7. The van der Waals surface area contributed by atoms with E-state index < -0.39 is 17.7 Å². The molecule has 0 heterocycles. The minimum absolute atomic E-state index is 0.0118. The highest BCUT2D eigenvalue weighted by Gasteiger charge is 2.30. The maximum absolute atomic E-state index is 13.0. The van der Waals surface area contributed by atoms with Crippen molar-refractivity contribution in [3.63, 3.8) is 0 Å². The van der Waals surface area contributed by atoms with Gasteiger partial charge in [0, 0.05) is 12.3 Å². The average Bonchev–Trinajstić information content (AvgIpc) is 3.04. The third-order valence-electron chi connectivity index (χ3n) is 6.58. The molecular weight excluding hydrogens is 607 g/mol. The first-order valence-corrected chi connectivity index (χ1v) is 16.1. The molecule has 0 spiro atoms. The maximum Gasteiger partial charge on any atom is 0.416 e. The highest BCUT2D eigenvalue weighted by molar-refractivity contribution is 5.96. The molecule has 0 aliphatic carbocycles. The first-order chi connectivity index (χ1) is 22.4. The molecule has 1 N–H and O–H groups in total. The average molecular weight is 658 g/mol. The van der Waals surface area contributed by atoms with Crippen LogP contribution in [0.3, 0.4) is 0 Å². The van der Waals surface area contributed by atoms with Gasteiger partial charge in [-0.1, -0.05) is 57.2 Å². The number of esters is 1. The van der Waals surface area contributed by atoms with Gasteiger partial charge < -0.3 is 38.5 Å². The van der Waals surface area contributed by atoms with E-state index in [1.165, 1.54) is 50.3 Å². The number of para-hydroxylation sites is 1. The van der Waals surface area contributed by atoms with Crippen LogP contribution in [0.1, 0.15) is 61.4 Å². The molecule has 0 radical (unpaired) electrons. The Labute approximate surface area is 271 Å². The number of halogens is 3. The Balaban J connectivity index is 1.38. The standard InChI is InChI=1S/C34H50F3NO8/c1-2-3-4-5-6-9-15-40-16-17-41-18-19-42-20-21-43-22-23-44-24-25-45-26-27-46-33(39)31-13-7-8-14-32(31)38-30-12-10-11-29(28-30)34(35,36)37/h7-8,10-14,28,38H,2-6,9,15-27H2,1H3. The van der Waals surface area contributed by atoms with Crippen molar-refractivity contribution in [1.29, 1.82) is 0 Å². The molecule has 12 heteroatoms. The lowest BCUT2D eigenvalue weighted by Gasteiger charge is -2.13. The Morgan fingerprint density at radius 2 is 1.11 bits per heavy atom. The second kappa shape index (κ2) is 25.4. The molecule has 0 fully saturated rings. The van der Waals surface area contributed by atoms with E-state index >= 15 is 0 Å². The number of carbonyl (C=O) groups is 1. The van der Waals surface area contributed by atoms with Crippen LogP contribution in [0.15, 0.2) is 48.5 Å². The summed E-state index contributed by atoms with van der Waals surface area (Å²) < 4.78 is 77.2. The van der Waals surface area contributed by atoms with Crippen molar-refractivity contribution < 1.29 is 51.1 Å². The van der Waals surface area contributed by atoms with E-state index in [9.17, 15) is 18.0 Å². The Hall–Kier alpha value is -2.74. The van der Waals surface area contributed by atoms with E-state index in [0.717, 1.165) is 25.2 Å². The lowest BCUT2D eigenvalue weighted by atomic mass is 10.1. The number of nitrogens with one attached hydrogen (secondary N) is 1. The summed E-state index contributed by atoms with van der Waals surface area (Å²) in [6.45, 7) is 7.88. The summed E-state index contributed by atoms with van der Waals surface area (Å²) in [5.74, 6) is -0.618. The summed E-state index contributed by atoms with van der Waals surface area (Å²) in [6, 6.07) is 11.2. The summed E-state index contributed by atoms with van der Waals surface area (Å²) in [7, 11) is 0. The van der Waals surface area contributed by atoms with Crippen molar-refractivity contribution in [2.75, 3.05) is 91.2 Å². The van der Waals surface area contributed by atoms with Crippen LogP contribution in [-0.4, -0.2) is 91.9 Å². The lowest BCUT2D eigenvalue weighted by molar-refractivity contribution is -0.137. The minimum atomic E-state index is -4.47. The van der Waals surface area contributed by atoms with Crippen LogP contribution in [0.5, 0.6) is 0 Å². The van der Waals surface area contributed by atoms with Gasteiger partial charge >= 0.3 is 12.1 Å². The molecule has 0 aliphatic heterocycles. The predicted octanol–water partition coefficient (Wildman–Crippen LogP) is 7.07. The van der Waals surface area contributed by atoms with Crippen LogP contribution < -0.4 is 5.32 Å². The number of hydrogen-bond donors (Lipinski definition) is 1. The summed E-state index contributed by atoms with van der Waals surface area (Å²) in [5.41, 5.74) is -0.0575. The van der Waals surface area contributed by atoms with E-state index in [0.29, 0.717) is 71.8 Å². The molecule has 260 valence electrons. The van der Waals surface area contributed by atoms with Crippen molar-refractivity contribution >= 4 is 17.3 Å². The fourth-order valence-corrected chi connectivity index (χ4v) is 4.16. The van der Waals surface area contributed by atoms with Crippen LogP contribution in [0.25, 0.3) is 0 Å². The van der Waals surface area contributed by atoms with E-state index in [-0.39, 0.29) is 24.5 Å². The Bertz CT molecular complexity index is 1060. The van der Waals surface area contributed by atoms with Gasteiger partial charge in [-0.3, -0.25) is 0 Å². The molecule has 0 saturated carbocycles. The van der Waals surface area contributed by atoms with Crippen LogP contribution in [-0.2, 0) is 39.3 Å². The van der Waals surface area contributed by atoms with Gasteiger partial charge in [-0.15, -0.1) is 0 Å². The van der Waals surface area contributed by atoms with Gasteiger partial charge in [0.25, 0.3) is 0 Å². The Morgan fingerprint density at radius 1 is 0.609 bits per heavy atom. The smallest absolute Gasteiger partial charge is 0.416 e. The molecule has 0 saturated heterocycles. The molecule has 0 unspecified atom stereocenters. The molecule has 9 nitrogen and oxygen atoms in total. The first kappa shape index (κ1) is 39.4. The zero-order valence-electron chi connectivity index (χ0n) is 27.0. The largest absolute Gasteiger partial charge is 0.460 e. The number of anilines is 2. The molecule has 0 atom stereocenters. The summed E-state index contributed by atoms with van der Waals surface area (Å²) in [5, 5.41) is 2.86. The number of alkyl halides is 3. The monoisotopic (exact) mass is 657 g/mol. The first-order valence-electron chi connectivity index (χ1n) is 16.1. The van der Waals surface area contributed by atoms with Gasteiger partial charge in [-0.25, -0.2) is 4.79 Å². The van der Waals surface area contributed by atoms with Crippen molar-refractivity contribution in [3.05, 3.63) is 59.7 Å². The summed E-state index contributed by atoms with van der Waals surface area (Å²) in [4.78, 5) is 12.6. The third kappa shape index (κ3) is 19.0. The van der Waals surface area contributed by atoms with Crippen molar-refractivity contribution in [2.45, 2.75) is 51.6 Å². The van der Waals surface area contributed by atoms with Crippen LogP contribution in [0.4, 0.5) is 24.5 Å². The van der Waals surface area contributed by atoms with Gasteiger partial charge in [0.05, 0.1) is 89.5 Å². The quantitative estimate of drug-likeness (QED) is 0.0762. The Kier molecular flexibility index (Phi) is 21.7. The summed E-state index contributed by atoms with van der Waals surface area (Å²) >= 11 is 0. The molecule has 46 heavy (non-hydrogen) atoms. The number of benzene rings is 2. The van der Waals surface area contributed by atoms with Crippen molar-refractivity contribution in [1.82, 2.24) is 0 Å². The normalized spacial score (nSPS) is 11.6. The number of carbonyl (C=O) groups excluding carboxylic acids is 1. The fourth-order valence-electron chi connectivity index (χ4n) is 4.16. The van der Waals surface area contributed by atoms with Gasteiger partial charge in [0.15, 0.2) is 0 Å². The molecule has 0 bridgehead atoms. The van der Waals surface area contributed by atoms with Crippen molar-refractivity contribution in [3.8, 4) is 0 Å². The third-order valence-corrected chi connectivity index (χ3v) is 6.58. The van der Waals surface area contributed by atoms with Gasteiger partial charge in [0.2, 0.25) is 0 Å². The summed E-state index contributed by atoms with van der Waals surface area (Å²) in [6.07, 6.45) is 3.08. The minimum Gasteiger partial charge on any atom is -0.460 e. The second-order valence-electron chi connectivity index (χ2n) is 10.3.